The molecule has 0 bridgehead atoms. The summed E-state index contributed by atoms with van der Waals surface area (Å²) in [6, 6.07) is 0. The lowest BCUT2D eigenvalue weighted by Crippen LogP contribution is -2.53. The molecule has 5 nitrogen and oxygen atoms in total. The standard InChI is InChI=1S/C13H25NO4S/c1-3-9-13(2,12(15)16)14-19(17,18)10-11-7-5-4-6-8-11/h11,14H,3-10H2,1-2H3,(H,15,16). The second-order valence-corrected chi connectivity index (χ2v) is 7.54. The number of nitrogens with one attached hydrogen (secondary N) is 1. The van der Waals surface area contributed by atoms with Gasteiger partial charge in [-0.2, -0.15) is 4.72 Å². The number of rotatable bonds is 7. The third kappa shape index (κ3) is 5.10. The number of hydrogen-bond donors (Lipinski definition) is 2. The number of aliphatic carboxylic acids is 1. The van der Waals surface area contributed by atoms with Crippen molar-refractivity contribution in [3.8, 4) is 0 Å². The van der Waals surface area contributed by atoms with Gasteiger partial charge in [0.1, 0.15) is 5.54 Å². The van der Waals surface area contributed by atoms with E-state index in [9.17, 15) is 18.3 Å². The Balaban J connectivity index is 2.68. The van der Waals surface area contributed by atoms with Crippen LogP contribution in [0, 0.1) is 5.92 Å². The van der Waals surface area contributed by atoms with Gasteiger partial charge in [0, 0.05) is 0 Å². The normalized spacial score (nSPS) is 20.9. The Hall–Kier alpha value is -0.620. The minimum Gasteiger partial charge on any atom is -0.480 e. The quantitative estimate of drug-likeness (QED) is 0.752. The molecule has 1 atom stereocenters. The van der Waals surface area contributed by atoms with Crippen LogP contribution in [0.3, 0.4) is 0 Å². The summed E-state index contributed by atoms with van der Waals surface area (Å²) in [5.74, 6) is -0.882. The summed E-state index contributed by atoms with van der Waals surface area (Å²) >= 11 is 0. The number of carbonyl (C=O) groups is 1. The van der Waals surface area contributed by atoms with Crippen molar-refractivity contribution >= 4 is 16.0 Å². The fourth-order valence-corrected chi connectivity index (χ4v) is 4.66. The van der Waals surface area contributed by atoms with Gasteiger partial charge >= 0.3 is 5.97 Å². The number of sulfonamides is 1. The summed E-state index contributed by atoms with van der Waals surface area (Å²) < 4.78 is 26.6. The van der Waals surface area contributed by atoms with Crippen molar-refractivity contribution in [1.82, 2.24) is 4.72 Å². The third-order valence-corrected chi connectivity index (χ3v) is 5.45. The monoisotopic (exact) mass is 291 g/mol. The average molecular weight is 291 g/mol. The average Bonchev–Trinajstić information content (AvgIpc) is 2.28. The van der Waals surface area contributed by atoms with E-state index in [1.165, 1.54) is 13.3 Å². The molecule has 1 aliphatic rings. The summed E-state index contributed by atoms with van der Waals surface area (Å²) in [6.45, 7) is 3.29. The van der Waals surface area contributed by atoms with Crippen LogP contribution in [0.5, 0.6) is 0 Å². The zero-order chi connectivity index (χ0) is 14.5. The molecule has 0 aromatic heterocycles. The predicted octanol–water partition coefficient (Wildman–Crippen LogP) is 2.13. The van der Waals surface area contributed by atoms with E-state index in [1.54, 1.807) is 0 Å². The van der Waals surface area contributed by atoms with Crippen molar-refractivity contribution in [2.75, 3.05) is 5.75 Å². The van der Waals surface area contributed by atoms with Gasteiger partial charge in [-0.05, 0) is 32.1 Å². The number of carboxylic acid groups (broad SMARTS) is 1. The number of hydrogen-bond acceptors (Lipinski definition) is 3. The van der Waals surface area contributed by atoms with Gasteiger partial charge < -0.3 is 5.11 Å². The van der Waals surface area contributed by atoms with Gasteiger partial charge in [0.15, 0.2) is 0 Å². The molecule has 1 fully saturated rings. The summed E-state index contributed by atoms with van der Waals surface area (Å²) in [6.07, 6.45) is 6.10. The van der Waals surface area contributed by atoms with E-state index in [-0.39, 0.29) is 11.7 Å². The van der Waals surface area contributed by atoms with Crippen LogP contribution < -0.4 is 4.72 Å². The first-order valence-electron chi connectivity index (χ1n) is 7.04. The van der Waals surface area contributed by atoms with Crippen LogP contribution in [0.2, 0.25) is 0 Å². The fraction of sp³-hybridized carbons (Fsp3) is 0.923. The van der Waals surface area contributed by atoms with Crippen LogP contribution in [0.25, 0.3) is 0 Å². The van der Waals surface area contributed by atoms with Crippen LogP contribution in [0.4, 0.5) is 0 Å². The smallest absolute Gasteiger partial charge is 0.324 e. The zero-order valence-corrected chi connectivity index (χ0v) is 12.6. The maximum atomic E-state index is 12.1. The molecular formula is C13H25NO4S. The van der Waals surface area contributed by atoms with Gasteiger partial charge in [-0.1, -0.05) is 32.6 Å². The number of carboxylic acids is 1. The van der Waals surface area contributed by atoms with E-state index in [2.05, 4.69) is 4.72 Å². The molecule has 1 unspecified atom stereocenters. The summed E-state index contributed by atoms with van der Waals surface area (Å²) in [5, 5.41) is 9.21. The maximum absolute atomic E-state index is 12.1. The van der Waals surface area contributed by atoms with Crippen molar-refractivity contribution in [2.24, 2.45) is 5.92 Å². The van der Waals surface area contributed by atoms with Crippen molar-refractivity contribution in [3.05, 3.63) is 0 Å². The van der Waals surface area contributed by atoms with Crippen molar-refractivity contribution in [1.29, 1.82) is 0 Å². The van der Waals surface area contributed by atoms with E-state index >= 15 is 0 Å². The van der Waals surface area contributed by atoms with Crippen LogP contribution in [0.1, 0.15) is 58.8 Å². The molecule has 0 saturated heterocycles. The molecule has 112 valence electrons. The molecule has 6 heteroatoms. The van der Waals surface area contributed by atoms with Crippen LogP contribution in [-0.4, -0.2) is 30.8 Å². The second kappa shape index (κ2) is 6.70. The molecule has 0 spiro atoms. The molecule has 1 rings (SSSR count). The van der Waals surface area contributed by atoms with Crippen LogP contribution in [0.15, 0.2) is 0 Å². The van der Waals surface area contributed by atoms with Gasteiger partial charge in [0.2, 0.25) is 10.0 Å². The van der Waals surface area contributed by atoms with E-state index in [0.29, 0.717) is 12.8 Å². The third-order valence-electron chi connectivity index (χ3n) is 3.78. The zero-order valence-electron chi connectivity index (χ0n) is 11.8. The highest BCUT2D eigenvalue weighted by Gasteiger charge is 2.37. The lowest BCUT2D eigenvalue weighted by Gasteiger charge is -2.28. The fourth-order valence-electron chi connectivity index (χ4n) is 2.75. The Kier molecular flexibility index (Phi) is 5.80. The first-order chi connectivity index (χ1) is 8.79. The molecule has 0 radical (unpaired) electrons. The molecule has 0 aliphatic heterocycles. The van der Waals surface area contributed by atoms with Gasteiger partial charge in [0.25, 0.3) is 0 Å². The molecule has 19 heavy (non-hydrogen) atoms. The Labute approximate surface area is 115 Å². The Morgan fingerprint density at radius 3 is 2.37 bits per heavy atom. The first kappa shape index (κ1) is 16.4. The lowest BCUT2D eigenvalue weighted by atomic mass is 9.91. The van der Waals surface area contributed by atoms with Crippen molar-refractivity contribution in [2.45, 2.75) is 64.3 Å². The summed E-state index contributed by atoms with van der Waals surface area (Å²) in [4.78, 5) is 11.3. The van der Waals surface area contributed by atoms with Gasteiger partial charge in [0.05, 0.1) is 5.75 Å². The summed E-state index contributed by atoms with van der Waals surface area (Å²) in [5.41, 5.74) is -1.39. The second-order valence-electron chi connectivity index (χ2n) is 5.77. The van der Waals surface area contributed by atoms with Crippen molar-refractivity contribution in [3.63, 3.8) is 0 Å². The first-order valence-corrected chi connectivity index (χ1v) is 8.69. The van der Waals surface area contributed by atoms with E-state index < -0.39 is 21.5 Å². The highest BCUT2D eigenvalue weighted by Crippen LogP contribution is 2.25. The minimum atomic E-state index is -3.54. The van der Waals surface area contributed by atoms with Crippen LogP contribution >= 0.6 is 0 Å². The Morgan fingerprint density at radius 1 is 1.32 bits per heavy atom. The van der Waals surface area contributed by atoms with Gasteiger partial charge in [-0.25, -0.2) is 8.42 Å². The minimum absolute atomic E-state index is 0.0551. The predicted molar refractivity (Wildman–Crippen MR) is 74.4 cm³/mol. The van der Waals surface area contributed by atoms with Gasteiger partial charge in [-0.3, -0.25) is 4.79 Å². The van der Waals surface area contributed by atoms with E-state index in [0.717, 1.165) is 25.7 Å². The Morgan fingerprint density at radius 2 is 1.89 bits per heavy atom. The van der Waals surface area contributed by atoms with Gasteiger partial charge in [-0.15, -0.1) is 0 Å². The van der Waals surface area contributed by atoms with E-state index in [1.807, 2.05) is 6.92 Å². The molecular weight excluding hydrogens is 266 g/mol. The molecule has 1 aliphatic carbocycles. The molecule has 0 amide bonds. The van der Waals surface area contributed by atoms with E-state index in [4.69, 9.17) is 0 Å². The molecule has 1 saturated carbocycles. The highest BCUT2D eigenvalue weighted by atomic mass is 32.2. The molecule has 0 aromatic carbocycles. The maximum Gasteiger partial charge on any atom is 0.324 e. The molecule has 0 aromatic rings. The SMILES string of the molecule is CCCC(C)(NS(=O)(=O)CC1CCCCC1)C(=O)O. The highest BCUT2D eigenvalue weighted by molar-refractivity contribution is 7.89. The largest absolute Gasteiger partial charge is 0.480 e. The Bertz CT molecular complexity index is 401. The topological polar surface area (TPSA) is 83.5 Å². The van der Waals surface area contributed by atoms with Crippen molar-refractivity contribution < 1.29 is 18.3 Å². The lowest BCUT2D eigenvalue weighted by molar-refractivity contribution is -0.143. The summed E-state index contributed by atoms with van der Waals surface area (Å²) in [7, 11) is -3.54. The molecule has 0 heterocycles. The van der Waals surface area contributed by atoms with Crippen LogP contribution in [-0.2, 0) is 14.8 Å². The molecule has 2 N–H and O–H groups in total.